The summed E-state index contributed by atoms with van der Waals surface area (Å²) in [6, 6.07) is 6.64. The van der Waals surface area contributed by atoms with Crippen LogP contribution < -0.4 is 4.90 Å². The topological polar surface area (TPSA) is 57.7 Å². The van der Waals surface area contributed by atoms with Crippen molar-refractivity contribution in [3.63, 3.8) is 0 Å². The third-order valence-electron chi connectivity index (χ3n) is 5.64. The van der Waals surface area contributed by atoms with E-state index in [1.807, 2.05) is 39.8 Å². The largest absolute Gasteiger partial charge is 0.325 e. The van der Waals surface area contributed by atoms with Crippen molar-refractivity contribution < 1.29 is 14.4 Å². The first-order valence-corrected chi connectivity index (χ1v) is 9.97. The summed E-state index contributed by atoms with van der Waals surface area (Å²) in [6.45, 7) is 7.80. The number of carbonyl (C=O) groups is 3. The zero-order valence-corrected chi connectivity index (χ0v) is 16.8. The molecule has 2 aliphatic rings. The highest BCUT2D eigenvalue weighted by Crippen LogP contribution is 2.34. The maximum Gasteiger partial charge on any atom is 0.257 e. The standard InChI is InChI=1S/C22H30N2O3/c1-15-10-12-17(13-11-15)23-19(25)14-18(21(23)27)24(22(2,3)4)20(26)16-8-6-5-7-9-16/h10-13,16,18H,5-9,14H2,1-4H3. The van der Waals surface area contributed by atoms with E-state index in [2.05, 4.69) is 0 Å². The van der Waals surface area contributed by atoms with Crippen LogP contribution in [0.1, 0.15) is 64.9 Å². The molecule has 1 atom stereocenters. The van der Waals surface area contributed by atoms with Crippen LogP contribution in [0.25, 0.3) is 0 Å². The summed E-state index contributed by atoms with van der Waals surface area (Å²) in [4.78, 5) is 42.1. The number of aryl methyl sites for hydroxylation is 1. The molecule has 1 aromatic carbocycles. The molecule has 0 bridgehead atoms. The lowest BCUT2D eigenvalue weighted by Gasteiger charge is -2.41. The average molecular weight is 370 g/mol. The van der Waals surface area contributed by atoms with Crippen LogP contribution in [0.15, 0.2) is 24.3 Å². The number of anilines is 1. The van der Waals surface area contributed by atoms with Gasteiger partial charge in [-0.2, -0.15) is 0 Å². The first kappa shape index (κ1) is 19.6. The van der Waals surface area contributed by atoms with E-state index in [1.165, 1.54) is 11.3 Å². The molecule has 0 N–H and O–H groups in total. The minimum absolute atomic E-state index is 0.0270. The van der Waals surface area contributed by atoms with Crippen LogP contribution in [-0.4, -0.2) is 34.2 Å². The first-order valence-electron chi connectivity index (χ1n) is 9.97. The number of imide groups is 1. The first-order chi connectivity index (χ1) is 12.7. The molecule has 1 saturated heterocycles. The smallest absolute Gasteiger partial charge is 0.257 e. The summed E-state index contributed by atoms with van der Waals surface area (Å²) < 4.78 is 0. The second kappa shape index (κ2) is 7.45. The van der Waals surface area contributed by atoms with Crippen molar-refractivity contribution in [2.24, 2.45) is 5.92 Å². The van der Waals surface area contributed by atoms with Crippen LogP contribution in [0.4, 0.5) is 5.69 Å². The Morgan fingerprint density at radius 1 is 1.04 bits per heavy atom. The van der Waals surface area contributed by atoms with E-state index in [-0.39, 0.29) is 30.1 Å². The molecule has 0 spiro atoms. The van der Waals surface area contributed by atoms with Crippen LogP contribution in [0.5, 0.6) is 0 Å². The van der Waals surface area contributed by atoms with Gasteiger partial charge in [0.2, 0.25) is 11.8 Å². The highest BCUT2D eigenvalue weighted by molar-refractivity contribution is 6.23. The number of benzene rings is 1. The van der Waals surface area contributed by atoms with Crippen LogP contribution in [0.3, 0.4) is 0 Å². The van der Waals surface area contributed by atoms with Crippen molar-refractivity contribution in [1.29, 1.82) is 0 Å². The zero-order valence-electron chi connectivity index (χ0n) is 16.8. The number of hydrogen-bond acceptors (Lipinski definition) is 3. The number of amides is 3. The molecule has 5 nitrogen and oxygen atoms in total. The molecule has 146 valence electrons. The van der Waals surface area contributed by atoms with Gasteiger partial charge in [-0.1, -0.05) is 37.0 Å². The fourth-order valence-electron chi connectivity index (χ4n) is 4.28. The summed E-state index contributed by atoms with van der Waals surface area (Å²) in [5.74, 6) is -0.532. The van der Waals surface area contributed by atoms with Gasteiger partial charge in [0.25, 0.3) is 5.91 Å². The van der Waals surface area contributed by atoms with E-state index in [1.54, 1.807) is 17.0 Å². The molecular formula is C22H30N2O3. The van der Waals surface area contributed by atoms with Gasteiger partial charge in [0.1, 0.15) is 6.04 Å². The summed E-state index contributed by atoms with van der Waals surface area (Å²) in [6.07, 6.45) is 5.09. The molecule has 3 rings (SSSR count). The predicted octanol–water partition coefficient (Wildman–Crippen LogP) is 3.83. The van der Waals surface area contributed by atoms with E-state index >= 15 is 0 Å². The SMILES string of the molecule is Cc1ccc(N2C(=O)CC(N(C(=O)C3CCCCC3)C(C)(C)C)C2=O)cc1. The maximum atomic E-state index is 13.3. The molecule has 1 aromatic rings. The second-order valence-corrected chi connectivity index (χ2v) is 8.84. The Labute approximate surface area is 161 Å². The van der Waals surface area contributed by atoms with Gasteiger partial charge in [0.15, 0.2) is 0 Å². The Kier molecular flexibility index (Phi) is 5.41. The van der Waals surface area contributed by atoms with Gasteiger partial charge in [-0.15, -0.1) is 0 Å². The van der Waals surface area contributed by atoms with Crippen molar-refractivity contribution >= 4 is 23.4 Å². The lowest BCUT2D eigenvalue weighted by Crippen LogP contribution is -2.56. The number of carbonyl (C=O) groups excluding carboxylic acids is 3. The predicted molar refractivity (Wildman–Crippen MR) is 105 cm³/mol. The number of hydrogen-bond donors (Lipinski definition) is 0. The van der Waals surface area contributed by atoms with E-state index < -0.39 is 11.6 Å². The van der Waals surface area contributed by atoms with Crippen LogP contribution in [0.2, 0.25) is 0 Å². The molecule has 2 fully saturated rings. The summed E-state index contributed by atoms with van der Waals surface area (Å²) in [5, 5.41) is 0. The maximum absolute atomic E-state index is 13.3. The van der Waals surface area contributed by atoms with Gasteiger partial charge in [-0.25, -0.2) is 4.90 Å². The van der Waals surface area contributed by atoms with Crippen molar-refractivity contribution in [1.82, 2.24) is 4.90 Å². The van der Waals surface area contributed by atoms with Crippen molar-refractivity contribution in [3.05, 3.63) is 29.8 Å². The van der Waals surface area contributed by atoms with Crippen LogP contribution >= 0.6 is 0 Å². The molecule has 1 aliphatic heterocycles. The molecule has 1 unspecified atom stereocenters. The van der Waals surface area contributed by atoms with E-state index in [9.17, 15) is 14.4 Å². The molecule has 3 amide bonds. The molecular weight excluding hydrogens is 340 g/mol. The third-order valence-corrected chi connectivity index (χ3v) is 5.64. The lowest BCUT2D eigenvalue weighted by atomic mass is 9.86. The van der Waals surface area contributed by atoms with Crippen molar-refractivity contribution in [2.45, 2.75) is 77.8 Å². The van der Waals surface area contributed by atoms with Gasteiger partial charge < -0.3 is 4.90 Å². The highest BCUT2D eigenvalue weighted by atomic mass is 16.2. The molecule has 27 heavy (non-hydrogen) atoms. The van der Waals surface area contributed by atoms with Gasteiger partial charge in [-0.05, 0) is 52.7 Å². The van der Waals surface area contributed by atoms with Crippen LogP contribution in [0, 0.1) is 12.8 Å². The fraction of sp³-hybridized carbons (Fsp3) is 0.591. The summed E-state index contributed by atoms with van der Waals surface area (Å²) >= 11 is 0. The zero-order chi connectivity index (χ0) is 19.8. The Morgan fingerprint density at radius 2 is 1.63 bits per heavy atom. The monoisotopic (exact) mass is 370 g/mol. The summed E-state index contributed by atoms with van der Waals surface area (Å²) in [7, 11) is 0. The number of rotatable bonds is 3. The quantitative estimate of drug-likeness (QED) is 0.760. The Balaban J connectivity index is 1.89. The van der Waals surface area contributed by atoms with Crippen LogP contribution in [-0.2, 0) is 14.4 Å². The van der Waals surface area contributed by atoms with Gasteiger partial charge in [0, 0.05) is 11.5 Å². The van der Waals surface area contributed by atoms with E-state index in [0.29, 0.717) is 5.69 Å². The Morgan fingerprint density at radius 3 is 2.19 bits per heavy atom. The van der Waals surface area contributed by atoms with Crippen molar-refractivity contribution in [2.75, 3.05) is 4.90 Å². The summed E-state index contributed by atoms with van der Waals surface area (Å²) in [5.41, 5.74) is 1.13. The Bertz CT molecular complexity index is 727. The molecule has 1 saturated carbocycles. The lowest BCUT2D eigenvalue weighted by molar-refractivity contribution is -0.148. The van der Waals surface area contributed by atoms with E-state index in [4.69, 9.17) is 0 Å². The average Bonchev–Trinajstić information content (AvgIpc) is 2.90. The molecule has 1 heterocycles. The normalized spacial score (nSPS) is 21.6. The van der Waals surface area contributed by atoms with Gasteiger partial charge >= 0.3 is 0 Å². The third kappa shape index (κ3) is 3.92. The fourth-order valence-corrected chi connectivity index (χ4v) is 4.28. The Hall–Kier alpha value is -2.17. The second-order valence-electron chi connectivity index (χ2n) is 8.84. The van der Waals surface area contributed by atoms with Gasteiger partial charge in [0.05, 0.1) is 12.1 Å². The molecule has 5 heteroatoms. The van der Waals surface area contributed by atoms with E-state index in [0.717, 1.165) is 31.2 Å². The minimum Gasteiger partial charge on any atom is -0.325 e. The minimum atomic E-state index is -0.715. The molecule has 1 aliphatic carbocycles. The van der Waals surface area contributed by atoms with Crippen molar-refractivity contribution in [3.8, 4) is 0 Å². The highest BCUT2D eigenvalue weighted by Gasteiger charge is 2.48. The molecule has 0 aromatic heterocycles. The molecule has 0 radical (unpaired) electrons. The van der Waals surface area contributed by atoms with Gasteiger partial charge in [-0.3, -0.25) is 14.4 Å². The number of nitrogens with zero attached hydrogens (tertiary/aromatic N) is 2.